The van der Waals surface area contributed by atoms with Gasteiger partial charge in [0.15, 0.2) is 0 Å². The molecular weight excluding hydrogens is 511 g/mol. The molecule has 202 valence electrons. The van der Waals surface area contributed by atoms with Crippen LogP contribution in [0.5, 0.6) is 0 Å². The van der Waals surface area contributed by atoms with Crippen LogP contribution in [-0.4, -0.2) is 164 Å². The molecule has 2 aliphatic rings. The number of hydrogen-bond donors (Lipinski definition) is 6. The van der Waals surface area contributed by atoms with Crippen LogP contribution in [0.2, 0.25) is 0 Å². The lowest BCUT2D eigenvalue weighted by Crippen LogP contribution is -2.47. The van der Waals surface area contributed by atoms with Gasteiger partial charge in [-0.3, -0.25) is 28.4 Å². The minimum Gasteiger partial charge on any atom is -0.324 e. The topological polar surface area (TPSA) is 189 Å². The highest BCUT2D eigenvalue weighted by Gasteiger charge is 2.25. The number of hydrogen-bond acceptors (Lipinski definition) is 8. The van der Waals surface area contributed by atoms with E-state index in [9.17, 15) is 43.1 Å². The Morgan fingerprint density at radius 2 is 0.735 bits per heavy atom. The fourth-order valence-corrected chi connectivity index (χ4v) is 5.99. The summed E-state index contributed by atoms with van der Waals surface area (Å²) in [6.07, 6.45) is -0.837. The summed E-state index contributed by atoms with van der Waals surface area (Å²) in [6, 6.07) is 0. The van der Waals surface area contributed by atoms with Crippen molar-refractivity contribution in [3.05, 3.63) is 0 Å². The Bertz CT molecular complexity index is 711. The van der Waals surface area contributed by atoms with E-state index in [0.717, 1.165) is 13.1 Å². The summed E-state index contributed by atoms with van der Waals surface area (Å²) < 4.78 is 34.4. The van der Waals surface area contributed by atoms with Gasteiger partial charge in [-0.2, -0.15) is 0 Å². The Kier molecular flexibility index (Phi) is 12.3. The summed E-state index contributed by atoms with van der Waals surface area (Å²) >= 11 is 0. The molecular formula is C17H40N5O9P3. The smallest absolute Gasteiger partial charge is 0.324 e. The molecule has 2 heterocycles. The summed E-state index contributed by atoms with van der Waals surface area (Å²) in [5.74, 6) is 0. The van der Waals surface area contributed by atoms with E-state index >= 15 is 0 Å². The van der Waals surface area contributed by atoms with Crippen LogP contribution in [0.4, 0.5) is 0 Å². The molecule has 2 atom stereocenters. The molecule has 2 unspecified atom stereocenters. The van der Waals surface area contributed by atoms with Crippen molar-refractivity contribution in [3.8, 4) is 0 Å². The molecule has 17 heteroatoms. The quantitative estimate of drug-likeness (QED) is 0.182. The van der Waals surface area contributed by atoms with Crippen molar-refractivity contribution in [3.63, 3.8) is 0 Å². The summed E-state index contributed by atoms with van der Waals surface area (Å²) in [6.45, 7) is 7.63. The molecule has 0 aromatic rings. The first-order chi connectivity index (χ1) is 15.7. The van der Waals surface area contributed by atoms with Gasteiger partial charge < -0.3 is 39.2 Å². The van der Waals surface area contributed by atoms with E-state index < -0.39 is 22.8 Å². The first-order valence-corrected chi connectivity index (χ1v) is 16.8. The van der Waals surface area contributed by atoms with E-state index in [-0.39, 0.29) is 31.7 Å². The summed E-state index contributed by atoms with van der Waals surface area (Å²) in [4.78, 5) is 66.2. The van der Waals surface area contributed by atoms with Gasteiger partial charge in [-0.15, -0.1) is 0 Å². The normalized spacial score (nSPS) is 26.3. The second kappa shape index (κ2) is 13.7. The number of fused-ring (bicyclic) bond motifs is 3. The molecule has 2 rings (SSSR count). The number of rotatable bonds is 8. The van der Waals surface area contributed by atoms with Crippen molar-refractivity contribution >= 4 is 22.8 Å². The molecule has 0 spiro atoms. The standard InChI is InChI=1S/C17H40N5O9P3/c23-32(24,25)15-13-20-5-3-18-1-2-19(10-12-22(11-9-18)17-34(29,30)31)4-6-21(8-7-20)14-16-33(26,27)28/h1-17H2,(H2,23,24,25)(H2,26,27,28)(H2,29,30,31). The van der Waals surface area contributed by atoms with Gasteiger partial charge in [0.25, 0.3) is 0 Å². The zero-order valence-corrected chi connectivity index (χ0v) is 22.2. The minimum absolute atomic E-state index is 0.209. The summed E-state index contributed by atoms with van der Waals surface area (Å²) in [5, 5.41) is 0. The van der Waals surface area contributed by atoms with Gasteiger partial charge in [0.2, 0.25) is 0 Å². The third-order valence-electron chi connectivity index (χ3n) is 6.19. The van der Waals surface area contributed by atoms with Crippen LogP contribution in [-0.2, 0) is 13.7 Å². The highest BCUT2D eigenvalue weighted by Crippen LogP contribution is 2.35. The Morgan fingerprint density at radius 1 is 0.441 bits per heavy atom. The van der Waals surface area contributed by atoms with Crippen LogP contribution in [0.15, 0.2) is 0 Å². The average molecular weight is 551 g/mol. The zero-order valence-electron chi connectivity index (χ0n) is 19.5. The van der Waals surface area contributed by atoms with Gasteiger partial charge in [-0.1, -0.05) is 0 Å². The molecule has 34 heavy (non-hydrogen) atoms. The van der Waals surface area contributed by atoms with Gasteiger partial charge in [0.1, 0.15) is 6.29 Å². The lowest BCUT2D eigenvalue weighted by Gasteiger charge is -2.33. The molecule has 6 N–H and O–H groups in total. The highest BCUT2D eigenvalue weighted by atomic mass is 31.2. The fourth-order valence-electron chi connectivity index (χ4n) is 4.10. The third kappa shape index (κ3) is 14.1. The van der Waals surface area contributed by atoms with Crippen LogP contribution in [0.1, 0.15) is 0 Å². The molecule has 0 amide bonds. The average Bonchev–Trinajstić information content (AvgIpc) is 2.76. The van der Waals surface area contributed by atoms with Crippen molar-refractivity contribution < 1.29 is 43.1 Å². The second-order valence-electron chi connectivity index (χ2n) is 9.07. The van der Waals surface area contributed by atoms with Gasteiger partial charge in [0, 0.05) is 91.6 Å². The van der Waals surface area contributed by atoms with E-state index in [0.29, 0.717) is 65.4 Å². The minimum atomic E-state index is -4.20. The second-order valence-corrected chi connectivity index (χ2v) is 14.2. The summed E-state index contributed by atoms with van der Waals surface area (Å²) in [7, 11) is -12.5. The fraction of sp³-hybridized carbons (Fsp3) is 1.00. The van der Waals surface area contributed by atoms with E-state index in [1.54, 1.807) is 4.90 Å². The molecule has 0 aromatic heterocycles. The lowest BCUT2D eigenvalue weighted by molar-refractivity contribution is 0.143. The first kappa shape index (κ1) is 30.5. The monoisotopic (exact) mass is 551 g/mol. The van der Waals surface area contributed by atoms with Crippen molar-refractivity contribution in [1.82, 2.24) is 24.5 Å². The molecule has 14 nitrogen and oxygen atoms in total. The van der Waals surface area contributed by atoms with E-state index in [1.165, 1.54) is 0 Å². The molecule has 2 bridgehead atoms. The SMILES string of the molecule is O=P(O)(O)CCN1CCN2CCN(CCN(CCP(=O)(O)O)CC1)CCN(CP(=O)(O)O)CC2. The lowest BCUT2D eigenvalue weighted by atomic mass is 10.3. The highest BCUT2D eigenvalue weighted by molar-refractivity contribution is 7.52. The Labute approximate surface area is 201 Å². The van der Waals surface area contributed by atoms with Gasteiger partial charge in [-0.05, 0) is 0 Å². The van der Waals surface area contributed by atoms with Crippen molar-refractivity contribution in [1.29, 1.82) is 0 Å². The van der Waals surface area contributed by atoms with Crippen LogP contribution >= 0.6 is 22.8 Å². The van der Waals surface area contributed by atoms with Crippen molar-refractivity contribution in [2.75, 3.05) is 110 Å². The molecule has 2 aliphatic heterocycles. The zero-order chi connectivity index (χ0) is 25.4. The molecule has 0 aliphatic carbocycles. The van der Waals surface area contributed by atoms with Crippen molar-refractivity contribution in [2.45, 2.75) is 0 Å². The molecule has 0 aromatic carbocycles. The Morgan fingerprint density at radius 3 is 1.06 bits per heavy atom. The van der Waals surface area contributed by atoms with Gasteiger partial charge >= 0.3 is 22.8 Å². The van der Waals surface area contributed by atoms with Crippen LogP contribution < -0.4 is 0 Å². The molecule has 0 saturated carbocycles. The molecule has 2 saturated heterocycles. The largest absolute Gasteiger partial charge is 0.339 e. The van der Waals surface area contributed by atoms with E-state index in [4.69, 9.17) is 0 Å². The number of nitrogens with zero attached hydrogens (tertiary/aromatic N) is 5. The molecule has 2 fully saturated rings. The predicted octanol–water partition coefficient (Wildman–Crippen LogP) is -1.99. The van der Waals surface area contributed by atoms with Gasteiger partial charge in [-0.25, -0.2) is 0 Å². The maximum absolute atomic E-state index is 11.6. The Balaban J connectivity index is 2.15. The van der Waals surface area contributed by atoms with Crippen LogP contribution in [0.3, 0.4) is 0 Å². The summed E-state index contributed by atoms with van der Waals surface area (Å²) in [5.41, 5.74) is 0. The van der Waals surface area contributed by atoms with Gasteiger partial charge in [0.05, 0.1) is 12.3 Å². The van der Waals surface area contributed by atoms with E-state index in [2.05, 4.69) is 9.80 Å². The maximum atomic E-state index is 11.6. The third-order valence-corrected chi connectivity index (χ3v) is 8.53. The maximum Gasteiger partial charge on any atom is 0.339 e. The predicted molar refractivity (Wildman–Crippen MR) is 128 cm³/mol. The first-order valence-electron chi connectivity index (χ1n) is 11.4. The van der Waals surface area contributed by atoms with Crippen LogP contribution in [0, 0.1) is 0 Å². The van der Waals surface area contributed by atoms with E-state index in [1.807, 2.05) is 9.80 Å². The van der Waals surface area contributed by atoms with Crippen LogP contribution in [0.25, 0.3) is 0 Å². The molecule has 0 radical (unpaired) electrons. The van der Waals surface area contributed by atoms with Crippen molar-refractivity contribution in [2.24, 2.45) is 0 Å². The Hall–Kier alpha value is 0.250.